The molecule has 10 rings (SSSR count). The number of ether oxygens (including phenoxy) is 2. The van der Waals surface area contributed by atoms with Crippen molar-refractivity contribution in [3.05, 3.63) is 60.9 Å². The monoisotopic (exact) mass is 872 g/mol. The van der Waals surface area contributed by atoms with Crippen LogP contribution in [-0.2, 0) is 19.1 Å². The number of aromatic nitrogens is 4. The molecule has 336 valence electrons. The number of urea groups is 2. The highest BCUT2D eigenvalue weighted by Crippen LogP contribution is 2.45. The summed E-state index contributed by atoms with van der Waals surface area (Å²) in [4.78, 5) is 77.2. The fourth-order valence-corrected chi connectivity index (χ4v) is 8.68. The maximum absolute atomic E-state index is 13.4. The molecule has 18 heteroatoms. The second-order valence-electron chi connectivity index (χ2n) is 17.6. The molecule has 2 saturated carbocycles. The molecule has 0 bridgehead atoms. The molecule has 4 aromatic rings. The van der Waals surface area contributed by atoms with Crippen molar-refractivity contribution < 1.29 is 28.7 Å². The quantitative estimate of drug-likeness (QED) is 0.161. The van der Waals surface area contributed by atoms with Crippen molar-refractivity contribution >= 4 is 58.3 Å². The predicted molar refractivity (Wildman–Crippen MR) is 244 cm³/mol. The van der Waals surface area contributed by atoms with Crippen LogP contribution in [0.25, 0.3) is 22.8 Å². The van der Waals surface area contributed by atoms with Gasteiger partial charge in [0.15, 0.2) is 23.3 Å². The van der Waals surface area contributed by atoms with Crippen molar-refractivity contribution in [3.8, 4) is 22.8 Å². The Hall–Kier alpha value is -6.40. The first-order valence-electron chi connectivity index (χ1n) is 22.4. The van der Waals surface area contributed by atoms with E-state index in [1.54, 1.807) is 12.4 Å². The molecule has 2 saturated heterocycles. The van der Waals surface area contributed by atoms with Gasteiger partial charge in [-0.05, 0) is 114 Å². The Morgan fingerprint density at radius 2 is 1.03 bits per heavy atom. The second-order valence-corrected chi connectivity index (χ2v) is 17.6. The Morgan fingerprint density at radius 3 is 1.39 bits per heavy atom. The molecule has 2 aromatic carbocycles. The smallest absolute Gasteiger partial charge is 0.319 e. The minimum Gasteiger partial charge on any atom is -0.377 e. The Balaban J connectivity index is 0.000000162. The molecule has 4 aliphatic heterocycles. The molecule has 6 amide bonds. The van der Waals surface area contributed by atoms with E-state index in [0.717, 1.165) is 59.8 Å². The number of fused-ring (bicyclic) bond motifs is 6. The maximum Gasteiger partial charge on any atom is 0.319 e. The van der Waals surface area contributed by atoms with E-state index in [4.69, 9.17) is 19.4 Å². The lowest BCUT2D eigenvalue weighted by Gasteiger charge is -2.50. The van der Waals surface area contributed by atoms with E-state index >= 15 is 0 Å². The van der Waals surface area contributed by atoms with Gasteiger partial charge >= 0.3 is 12.1 Å². The van der Waals surface area contributed by atoms with Gasteiger partial charge in [-0.3, -0.25) is 9.59 Å². The molecule has 2 aromatic heterocycles. The molecular weight excluding hydrogens is 817 g/mol. The first kappa shape index (κ1) is 42.9. The molecule has 0 unspecified atom stereocenters. The van der Waals surface area contributed by atoms with Gasteiger partial charge in [0.2, 0.25) is 0 Å². The molecule has 2 atom stereocenters. The summed E-state index contributed by atoms with van der Waals surface area (Å²) in [5.74, 6) is 3.97. The van der Waals surface area contributed by atoms with Crippen LogP contribution < -0.4 is 40.9 Å². The van der Waals surface area contributed by atoms with Crippen molar-refractivity contribution in [3.63, 3.8) is 0 Å². The molecule has 4 fully saturated rings. The van der Waals surface area contributed by atoms with Gasteiger partial charge in [-0.2, -0.15) is 0 Å². The summed E-state index contributed by atoms with van der Waals surface area (Å²) in [6, 6.07) is 14.4. The molecule has 64 heavy (non-hydrogen) atoms. The van der Waals surface area contributed by atoms with Gasteiger partial charge in [0, 0.05) is 61.8 Å². The van der Waals surface area contributed by atoms with E-state index in [1.807, 2.05) is 86.0 Å². The largest absolute Gasteiger partial charge is 0.377 e. The Bertz CT molecular complexity index is 2240. The van der Waals surface area contributed by atoms with Crippen LogP contribution in [0.4, 0.5) is 44.0 Å². The van der Waals surface area contributed by atoms with Crippen molar-refractivity contribution in [2.75, 3.05) is 95.9 Å². The number of benzene rings is 2. The summed E-state index contributed by atoms with van der Waals surface area (Å²) < 4.78 is 11.4. The lowest BCUT2D eigenvalue weighted by atomic mass is 9.93. The molecule has 6 aliphatic rings. The van der Waals surface area contributed by atoms with Crippen LogP contribution in [0.3, 0.4) is 0 Å². The van der Waals surface area contributed by atoms with E-state index < -0.39 is 11.1 Å². The summed E-state index contributed by atoms with van der Waals surface area (Å²) >= 11 is 0. The van der Waals surface area contributed by atoms with Crippen molar-refractivity contribution in [1.82, 2.24) is 30.6 Å². The van der Waals surface area contributed by atoms with Crippen LogP contribution in [0.5, 0.6) is 0 Å². The third-order valence-corrected chi connectivity index (χ3v) is 12.6. The standard InChI is InChI=1S/2C23H28N6O3/c2*1-3-24-22(31)26-17-8-6-16(7-9-17)19-25-12-18-20(27-19)29-10-11-32-14-23(29,2)21(30)28(18)13-15-4-5-15/h2*6-9,12,15H,3-5,10-11,13-14H2,1-2H3,(H2,24,26,31)/t2*23-/m10/s1. The molecule has 6 heterocycles. The van der Waals surface area contributed by atoms with Gasteiger partial charge in [-0.1, -0.05) is 0 Å². The number of carbonyl (C=O) groups is 4. The summed E-state index contributed by atoms with van der Waals surface area (Å²) in [5, 5.41) is 11.0. The number of hydrogen-bond donors (Lipinski definition) is 4. The summed E-state index contributed by atoms with van der Waals surface area (Å²) in [7, 11) is 0. The Labute approximate surface area is 372 Å². The van der Waals surface area contributed by atoms with E-state index in [2.05, 4.69) is 41.0 Å². The average molecular weight is 873 g/mol. The Kier molecular flexibility index (Phi) is 11.8. The van der Waals surface area contributed by atoms with Crippen molar-refractivity contribution in [1.29, 1.82) is 0 Å². The number of anilines is 6. The number of morpholine rings is 2. The molecular formula is C46H56N12O6. The van der Waals surface area contributed by atoms with Gasteiger partial charge in [0.1, 0.15) is 22.5 Å². The average Bonchev–Trinajstić information content (AvgIpc) is 4.25. The third-order valence-electron chi connectivity index (χ3n) is 12.6. The van der Waals surface area contributed by atoms with Gasteiger partial charge < -0.3 is 50.3 Å². The number of hydrogen-bond acceptors (Lipinski definition) is 12. The zero-order valence-electron chi connectivity index (χ0n) is 36.9. The van der Waals surface area contributed by atoms with Crippen LogP contribution in [0.2, 0.25) is 0 Å². The summed E-state index contributed by atoms with van der Waals surface area (Å²) in [6.45, 7) is 13.2. The predicted octanol–water partition coefficient (Wildman–Crippen LogP) is 5.27. The van der Waals surface area contributed by atoms with Gasteiger partial charge in [-0.25, -0.2) is 29.5 Å². The zero-order chi connectivity index (χ0) is 44.6. The highest BCUT2D eigenvalue weighted by Gasteiger charge is 2.53. The van der Waals surface area contributed by atoms with Crippen molar-refractivity contribution in [2.45, 2.75) is 64.5 Å². The molecule has 2 aliphatic carbocycles. The van der Waals surface area contributed by atoms with E-state index in [9.17, 15) is 19.2 Å². The number of amides is 6. The minimum atomic E-state index is -0.758. The number of nitrogens with one attached hydrogen (secondary N) is 4. The van der Waals surface area contributed by atoms with Gasteiger partial charge in [-0.15, -0.1) is 0 Å². The lowest BCUT2D eigenvalue weighted by Crippen LogP contribution is -2.67. The van der Waals surface area contributed by atoms with Crippen LogP contribution >= 0.6 is 0 Å². The molecule has 4 N–H and O–H groups in total. The van der Waals surface area contributed by atoms with Crippen LogP contribution in [-0.4, -0.2) is 121 Å². The van der Waals surface area contributed by atoms with Crippen LogP contribution in [0, 0.1) is 11.8 Å². The molecule has 0 spiro atoms. The first-order valence-corrected chi connectivity index (χ1v) is 22.4. The highest BCUT2D eigenvalue weighted by molar-refractivity contribution is 6.09. The van der Waals surface area contributed by atoms with Gasteiger partial charge in [0.05, 0.1) is 38.8 Å². The maximum atomic E-state index is 13.4. The highest BCUT2D eigenvalue weighted by atomic mass is 16.5. The molecule has 18 nitrogen and oxygen atoms in total. The number of rotatable bonds is 10. The number of carbonyl (C=O) groups excluding carboxylic acids is 4. The van der Waals surface area contributed by atoms with E-state index in [0.29, 0.717) is 101 Å². The topological polar surface area (TPSA) is 199 Å². The van der Waals surface area contributed by atoms with Gasteiger partial charge in [0.25, 0.3) is 11.8 Å². The van der Waals surface area contributed by atoms with Crippen LogP contribution in [0.15, 0.2) is 60.9 Å². The molecule has 0 radical (unpaired) electrons. The minimum absolute atomic E-state index is 0.0636. The fourth-order valence-electron chi connectivity index (χ4n) is 8.68. The Morgan fingerprint density at radius 1 is 0.641 bits per heavy atom. The van der Waals surface area contributed by atoms with Crippen LogP contribution in [0.1, 0.15) is 53.4 Å². The normalized spacial score (nSPS) is 22.2. The van der Waals surface area contributed by atoms with Crippen molar-refractivity contribution in [2.24, 2.45) is 11.8 Å². The second kappa shape index (κ2) is 17.6. The lowest BCUT2D eigenvalue weighted by molar-refractivity contribution is -0.128. The SMILES string of the molecule is CCNC(=O)Nc1ccc(-c2ncc3c(n2)N2CCOC[C@@]2(C)C(=O)N3CC2CC2)cc1.CCNC(=O)Nc1ccc(-c2ncc3c(n2)N2CCOC[C@]2(C)C(=O)N3CC2CC2)cc1. The fraction of sp³-hybridized carbons (Fsp3) is 0.478. The number of nitrogens with zero attached hydrogens (tertiary/aromatic N) is 8. The first-order chi connectivity index (χ1) is 31.0. The third kappa shape index (κ3) is 8.51. The zero-order valence-corrected chi connectivity index (χ0v) is 36.9. The summed E-state index contributed by atoms with van der Waals surface area (Å²) in [6.07, 6.45) is 8.18. The van der Waals surface area contributed by atoms with E-state index in [-0.39, 0.29) is 23.9 Å². The summed E-state index contributed by atoms with van der Waals surface area (Å²) in [5.41, 5.74) is 3.11. The van der Waals surface area contributed by atoms with E-state index in [1.165, 1.54) is 0 Å².